The predicted octanol–water partition coefficient (Wildman–Crippen LogP) is 4.40. The van der Waals surface area contributed by atoms with Crippen LogP contribution in [-0.2, 0) is 6.61 Å². The summed E-state index contributed by atoms with van der Waals surface area (Å²) in [7, 11) is 0. The highest BCUT2D eigenvalue weighted by Gasteiger charge is 2.23. The van der Waals surface area contributed by atoms with E-state index in [1.807, 2.05) is 0 Å². The third-order valence-electron chi connectivity index (χ3n) is 3.96. The minimum absolute atomic E-state index is 0.0405. The summed E-state index contributed by atoms with van der Waals surface area (Å²) in [6.45, 7) is 0.0517. The molecule has 0 saturated heterocycles. The van der Waals surface area contributed by atoms with Gasteiger partial charge in [-0.15, -0.1) is 0 Å². The maximum Gasteiger partial charge on any atom is 0.291 e. The molecular formula is C19H11F4NO5. The average molecular weight is 409 g/mol. The highest BCUT2D eigenvalue weighted by atomic mass is 19.2. The van der Waals surface area contributed by atoms with Gasteiger partial charge in [-0.25, -0.2) is 17.6 Å². The normalized spacial score (nSPS) is 12.1. The van der Waals surface area contributed by atoms with Gasteiger partial charge in [0.25, 0.3) is 5.91 Å². The summed E-state index contributed by atoms with van der Waals surface area (Å²) < 4.78 is 75.0. The number of carbonyl (C=O) groups is 1. The number of ether oxygens (including phenoxy) is 3. The first kappa shape index (κ1) is 18.7. The van der Waals surface area contributed by atoms with Gasteiger partial charge in [0, 0.05) is 12.1 Å². The van der Waals surface area contributed by atoms with E-state index < -0.39 is 34.9 Å². The number of amides is 1. The van der Waals surface area contributed by atoms with Gasteiger partial charge >= 0.3 is 0 Å². The predicted molar refractivity (Wildman–Crippen MR) is 89.8 cm³/mol. The molecule has 29 heavy (non-hydrogen) atoms. The van der Waals surface area contributed by atoms with Gasteiger partial charge in [-0.05, 0) is 24.3 Å². The van der Waals surface area contributed by atoms with Crippen LogP contribution in [0.3, 0.4) is 0 Å². The van der Waals surface area contributed by atoms with Crippen LogP contribution in [0.25, 0.3) is 0 Å². The summed E-state index contributed by atoms with van der Waals surface area (Å²) in [4.78, 5) is 12.1. The number of fused-ring (bicyclic) bond motifs is 1. The van der Waals surface area contributed by atoms with E-state index in [9.17, 15) is 22.4 Å². The number of anilines is 1. The number of hydrogen-bond donors (Lipinski definition) is 1. The molecule has 1 N–H and O–H groups in total. The minimum atomic E-state index is -1.73. The fourth-order valence-electron chi connectivity index (χ4n) is 2.56. The van der Waals surface area contributed by atoms with Crippen molar-refractivity contribution in [3.63, 3.8) is 0 Å². The van der Waals surface area contributed by atoms with Crippen molar-refractivity contribution in [1.29, 1.82) is 0 Å². The van der Waals surface area contributed by atoms with Gasteiger partial charge in [0.05, 0.1) is 0 Å². The maximum absolute atomic E-state index is 13.7. The first-order chi connectivity index (χ1) is 13.9. The van der Waals surface area contributed by atoms with Crippen LogP contribution < -0.4 is 19.5 Å². The van der Waals surface area contributed by atoms with Crippen LogP contribution >= 0.6 is 0 Å². The molecule has 10 heteroatoms. The second-order valence-electron chi connectivity index (χ2n) is 5.87. The monoisotopic (exact) mass is 409 g/mol. The summed E-state index contributed by atoms with van der Waals surface area (Å²) in [6, 6.07) is 7.59. The summed E-state index contributed by atoms with van der Waals surface area (Å²) in [5.74, 6) is -6.38. The Morgan fingerprint density at radius 2 is 1.69 bits per heavy atom. The van der Waals surface area contributed by atoms with Gasteiger partial charge in [0.15, 0.2) is 40.5 Å². The van der Waals surface area contributed by atoms with Crippen molar-refractivity contribution in [2.24, 2.45) is 0 Å². The standard InChI is InChI=1S/C19H11F4NO5/c20-11-6-12(21)17(23)18(16(11)22)24-19(25)14-4-2-10(29-14)7-26-9-1-3-13-15(5-9)28-8-27-13/h1-6H,7-8H2,(H,24,25). The Labute approximate surface area is 160 Å². The molecule has 4 rings (SSSR count). The molecule has 0 atom stereocenters. The Bertz CT molecular complexity index is 1070. The van der Waals surface area contributed by atoms with E-state index in [4.69, 9.17) is 18.6 Å². The van der Waals surface area contributed by atoms with Crippen molar-refractivity contribution in [3.05, 3.63) is 71.2 Å². The number of nitrogens with one attached hydrogen (secondary N) is 1. The van der Waals surface area contributed by atoms with Crippen molar-refractivity contribution >= 4 is 11.6 Å². The summed E-state index contributed by atoms with van der Waals surface area (Å²) in [5.41, 5.74) is -1.25. The fraction of sp³-hybridized carbons (Fsp3) is 0.105. The van der Waals surface area contributed by atoms with Gasteiger partial charge in [-0.2, -0.15) is 0 Å². The van der Waals surface area contributed by atoms with E-state index in [1.165, 1.54) is 12.1 Å². The lowest BCUT2D eigenvalue weighted by Gasteiger charge is -2.08. The highest BCUT2D eigenvalue weighted by Crippen LogP contribution is 2.35. The zero-order valence-electron chi connectivity index (χ0n) is 14.4. The number of furan rings is 1. The number of carbonyl (C=O) groups excluding carboxylic acids is 1. The van der Waals surface area contributed by atoms with E-state index in [-0.39, 0.29) is 31.0 Å². The Hall–Kier alpha value is -3.69. The van der Waals surface area contributed by atoms with Crippen LogP contribution in [0.2, 0.25) is 0 Å². The smallest absolute Gasteiger partial charge is 0.291 e. The van der Waals surface area contributed by atoms with Gasteiger partial charge in [-0.3, -0.25) is 4.79 Å². The Morgan fingerprint density at radius 3 is 2.45 bits per heavy atom. The molecule has 2 heterocycles. The molecular weight excluding hydrogens is 398 g/mol. The fourth-order valence-corrected chi connectivity index (χ4v) is 2.56. The third kappa shape index (κ3) is 3.68. The molecule has 1 amide bonds. The number of halogens is 4. The van der Waals surface area contributed by atoms with E-state index in [2.05, 4.69) is 0 Å². The Balaban J connectivity index is 1.43. The molecule has 0 radical (unpaired) electrons. The molecule has 1 aromatic heterocycles. The second kappa shape index (κ2) is 7.38. The van der Waals surface area contributed by atoms with Gasteiger partial charge in [-0.1, -0.05) is 0 Å². The maximum atomic E-state index is 13.7. The van der Waals surface area contributed by atoms with E-state index in [0.29, 0.717) is 17.2 Å². The SMILES string of the molecule is O=C(Nc1c(F)c(F)cc(F)c1F)c1ccc(COc2ccc3c(c2)OCO3)o1. The van der Waals surface area contributed by atoms with Crippen molar-refractivity contribution in [2.75, 3.05) is 12.1 Å². The lowest BCUT2D eigenvalue weighted by atomic mass is 10.2. The molecule has 0 aliphatic carbocycles. The number of rotatable bonds is 5. The molecule has 0 saturated carbocycles. The molecule has 2 aromatic carbocycles. The van der Waals surface area contributed by atoms with Crippen molar-refractivity contribution < 1.29 is 41.0 Å². The van der Waals surface area contributed by atoms with E-state index >= 15 is 0 Å². The molecule has 150 valence electrons. The van der Waals surface area contributed by atoms with Gasteiger partial charge < -0.3 is 23.9 Å². The van der Waals surface area contributed by atoms with Crippen molar-refractivity contribution in [1.82, 2.24) is 0 Å². The zero-order valence-corrected chi connectivity index (χ0v) is 14.4. The minimum Gasteiger partial charge on any atom is -0.486 e. The zero-order chi connectivity index (χ0) is 20.5. The van der Waals surface area contributed by atoms with Gasteiger partial charge in [0.2, 0.25) is 6.79 Å². The van der Waals surface area contributed by atoms with Crippen molar-refractivity contribution in [3.8, 4) is 17.2 Å². The lowest BCUT2D eigenvalue weighted by Crippen LogP contribution is -2.15. The van der Waals surface area contributed by atoms with Crippen molar-refractivity contribution in [2.45, 2.75) is 6.61 Å². The molecule has 1 aliphatic rings. The average Bonchev–Trinajstić information content (AvgIpc) is 3.37. The molecule has 0 fully saturated rings. The molecule has 0 spiro atoms. The van der Waals surface area contributed by atoms with E-state index in [1.54, 1.807) is 23.5 Å². The first-order valence-electron chi connectivity index (χ1n) is 8.18. The molecule has 1 aliphatic heterocycles. The quantitative estimate of drug-likeness (QED) is 0.500. The van der Waals surface area contributed by atoms with Crippen LogP contribution in [0.1, 0.15) is 16.3 Å². The molecule has 0 unspecified atom stereocenters. The molecule has 3 aromatic rings. The first-order valence-corrected chi connectivity index (χ1v) is 8.18. The highest BCUT2D eigenvalue weighted by molar-refractivity contribution is 6.02. The largest absolute Gasteiger partial charge is 0.486 e. The van der Waals surface area contributed by atoms with Crippen LogP contribution in [-0.4, -0.2) is 12.7 Å². The Kier molecular flexibility index (Phi) is 4.75. The number of benzene rings is 2. The Morgan fingerprint density at radius 1 is 0.966 bits per heavy atom. The second-order valence-corrected chi connectivity index (χ2v) is 5.87. The van der Waals surface area contributed by atoms with Crippen LogP contribution in [0, 0.1) is 23.3 Å². The molecule has 0 bridgehead atoms. The topological polar surface area (TPSA) is 69.9 Å². The summed E-state index contributed by atoms with van der Waals surface area (Å²) in [6.07, 6.45) is 0. The summed E-state index contributed by atoms with van der Waals surface area (Å²) in [5, 5.41) is 1.76. The molecule has 6 nitrogen and oxygen atoms in total. The van der Waals surface area contributed by atoms with Gasteiger partial charge in [0.1, 0.15) is 23.8 Å². The van der Waals surface area contributed by atoms with Crippen LogP contribution in [0.4, 0.5) is 23.2 Å². The van der Waals surface area contributed by atoms with E-state index in [0.717, 1.165) is 0 Å². The van der Waals surface area contributed by atoms with Crippen LogP contribution in [0.5, 0.6) is 17.2 Å². The lowest BCUT2D eigenvalue weighted by molar-refractivity contribution is 0.0991. The summed E-state index contributed by atoms with van der Waals surface area (Å²) >= 11 is 0. The third-order valence-corrected chi connectivity index (χ3v) is 3.96. The van der Waals surface area contributed by atoms with Crippen LogP contribution in [0.15, 0.2) is 40.8 Å². The number of hydrogen-bond acceptors (Lipinski definition) is 5.